The maximum atomic E-state index is 11.9. The minimum atomic E-state index is 0.0529. The van der Waals surface area contributed by atoms with Crippen LogP contribution in [-0.4, -0.2) is 23.8 Å². The molecule has 4 nitrogen and oxygen atoms in total. The topological polar surface area (TPSA) is 51.2 Å². The molecule has 5 heteroatoms. The van der Waals surface area contributed by atoms with Gasteiger partial charge in [-0.25, -0.2) is 4.98 Å². The smallest absolute Gasteiger partial charge is 0.221 e. The number of ether oxygens (including phenoxy) is 1. The lowest BCUT2D eigenvalue weighted by molar-refractivity contribution is -0.120. The van der Waals surface area contributed by atoms with Crippen molar-refractivity contribution in [2.45, 2.75) is 31.7 Å². The highest BCUT2D eigenvalue weighted by Crippen LogP contribution is 2.21. The number of hydrogen-bond acceptors (Lipinski definition) is 4. The van der Waals surface area contributed by atoms with Crippen LogP contribution in [0.4, 0.5) is 0 Å². The van der Waals surface area contributed by atoms with Crippen molar-refractivity contribution in [3.8, 4) is 5.88 Å². The average Bonchev–Trinajstić information content (AvgIpc) is 2.56. The van der Waals surface area contributed by atoms with Crippen molar-refractivity contribution in [1.29, 1.82) is 0 Å². The maximum absolute atomic E-state index is 11.9. The quantitative estimate of drug-likeness (QED) is 0.789. The Kier molecular flexibility index (Phi) is 6.47. The lowest BCUT2D eigenvalue weighted by Crippen LogP contribution is -2.23. The number of amides is 1. The lowest BCUT2D eigenvalue weighted by atomic mass is 10.1. The van der Waals surface area contributed by atoms with Crippen LogP contribution in [0.5, 0.6) is 5.88 Å². The Bertz CT molecular complexity index is 657. The number of benzene rings is 1. The number of nitrogens with zero attached hydrogens (tertiary/aromatic N) is 1. The largest absolute Gasteiger partial charge is 0.481 e. The maximum Gasteiger partial charge on any atom is 0.221 e. The van der Waals surface area contributed by atoms with E-state index in [-0.39, 0.29) is 5.91 Å². The molecule has 1 aromatic carbocycles. The molecule has 1 aromatic heterocycles. The molecule has 1 N–H and O–H groups in total. The van der Waals surface area contributed by atoms with E-state index in [0.717, 1.165) is 11.3 Å². The summed E-state index contributed by atoms with van der Waals surface area (Å²) in [6.45, 7) is 4.70. The third kappa shape index (κ3) is 5.60. The molecule has 0 spiro atoms. The van der Waals surface area contributed by atoms with E-state index in [1.165, 1.54) is 16.0 Å². The van der Waals surface area contributed by atoms with E-state index in [2.05, 4.69) is 42.3 Å². The molecule has 0 aliphatic heterocycles. The summed E-state index contributed by atoms with van der Waals surface area (Å²) in [7, 11) is 1.58. The Morgan fingerprint density at radius 2 is 2.04 bits per heavy atom. The first kappa shape index (κ1) is 17.3. The molecule has 0 radical (unpaired) electrons. The minimum absolute atomic E-state index is 0.0529. The van der Waals surface area contributed by atoms with Crippen LogP contribution in [0.1, 0.15) is 23.1 Å². The van der Waals surface area contributed by atoms with Gasteiger partial charge < -0.3 is 10.1 Å². The molecule has 0 atom stereocenters. The molecule has 0 fully saturated rings. The van der Waals surface area contributed by atoms with E-state index in [9.17, 15) is 4.79 Å². The summed E-state index contributed by atoms with van der Waals surface area (Å²) >= 11 is 1.71. The van der Waals surface area contributed by atoms with Crippen molar-refractivity contribution in [3.05, 3.63) is 53.2 Å². The number of rotatable bonds is 7. The first-order valence-corrected chi connectivity index (χ1v) is 8.52. The Morgan fingerprint density at radius 3 is 2.70 bits per heavy atom. The molecule has 0 saturated heterocycles. The first-order valence-electron chi connectivity index (χ1n) is 7.54. The molecule has 2 aromatic rings. The summed E-state index contributed by atoms with van der Waals surface area (Å²) in [6.07, 6.45) is 2.21. The van der Waals surface area contributed by atoms with Crippen LogP contribution in [-0.2, 0) is 11.3 Å². The highest BCUT2D eigenvalue weighted by molar-refractivity contribution is 7.99. The third-order valence-electron chi connectivity index (χ3n) is 3.57. The molecule has 23 heavy (non-hydrogen) atoms. The van der Waals surface area contributed by atoms with Gasteiger partial charge in [-0.3, -0.25) is 4.79 Å². The number of nitrogens with one attached hydrogen (secondary N) is 1. The van der Waals surface area contributed by atoms with Gasteiger partial charge in [0.15, 0.2) is 0 Å². The van der Waals surface area contributed by atoms with Gasteiger partial charge in [0.05, 0.1) is 7.11 Å². The highest BCUT2D eigenvalue weighted by Gasteiger charge is 2.04. The zero-order valence-corrected chi connectivity index (χ0v) is 14.6. The Hall–Kier alpha value is -2.01. The monoisotopic (exact) mass is 330 g/mol. The van der Waals surface area contributed by atoms with E-state index in [1.54, 1.807) is 31.1 Å². The Balaban J connectivity index is 1.71. The van der Waals surface area contributed by atoms with Crippen molar-refractivity contribution in [3.63, 3.8) is 0 Å². The molecule has 0 saturated carbocycles. The van der Waals surface area contributed by atoms with Crippen molar-refractivity contribution in [2.75, 3.05) is 12.9 Å². The van der Waals surface area contributed by atoms with Crippen LogP contribution < -0.4 is 10.1 Å². The standard InChI is InChI=1S/C18H22N2O2S/c1-13-4-6-16(10-14(13)2)23-9-8-17(21)19-11-15-5-7-18(22-3)20-12-15/h4-7,10,12H,8-9,11H2,1-3H3,(H,19,21). The van der Waals surface area contributed by atoms with Crippen molar-refractivity contribution in [2.24, 2.45) is 0 Å². The Labute approximate surface area is 141 Å². The fourth-order valence-corrected chi connectivity index (χ4v) is 2.94. The second kappa shape index (κ2) is 8.58. The van der Waals surface area contributed by atoms with Crippen LogP contribution in [0.3, 0.4) is 0 Å². The molecular weight excluding hydrogens is 308 g/mol. The van der Waals surface area contributed by atoms with Gasteiger partial charge in [-0.05, 0) is 42.7 Å². The predicted octanol–water partition coefficient (Wildman–Crippen LogP) is 3.51. The third-order valence-corrected chi connectivity index (χ3v) is 4.57. The van der Waals surface area contributed by atoms with Gasteiger partial charge in [0, 0.05) is 35.9 Å². The van der Waals surface area contributed by atoms with E-state index in [0.29, 0.717) is 18.8 Å². The number of thioether (sulfide) groups is 1. The molecule has 122 valence electrons. The summed E-state index contributed by atoms with van der Waals surface area (Å²) < 4.78 is 5.00. The molecule has 0 aliphatic rings. The fourth-order valence-electron chi connectivity index (χ4n) is 1.99. The number of hydrogen-bond donors (Lipinski definition) is 1. The van der Waals surface area contributed by atoms with E-state index in [4.69, 9.17) is 4.74 Å². The number of aryl methyl sites for hydroxylation is 2. The number of carbonyl (C=O) groups excluding carboxylic acids is 1. The second-order valence-electron chi connectivity index (χ2n) is 5.33. The van der Waals surface area contributed by atoms with Crippen LogP contribution in [0.15, 0.2) is 41.4 Å². The molecule has 0 aliphatic carbocycles. The number of carbonyl (C=O) groups is 1. The summed E-state index contributed by atoms with van der Waals surface area (Å²) in [5.74, 6) is 1.40. The SMILES string of the molecule is COc1ccc(CNC(=O)CCSc2ccc(C)c(C)c2)cn1. The second-order valence-corrected chi connectivity index (χ2v) is 6.50. The molecule has 2 rings (SSSR count). The average molecular weight is 330 g/mol. The van der Waals surface area contributed by atoms with Gasteiger partial charge in [-0.1, -0.05) is 12.1 Å². The van der Waals surface area contributed by atoms with Crippen LogP contribution in [0, 0.1) is 13.8 Å². The number of methoxy groups -OCH3 is 1. The summed E-state index contributed by atoms with van der Waals surface area (Å²) in [5, 5.41) is 2.91. The van der Waals surface area contributed by atoms with Crippen LogP contribution in [0.2, 0.25) is 0 Å². The van der Waals surface area contributed by atoms with Gasteiger partial charge in [-0.15, -0.1) is 11.8 Å². The lowest BCUT2D eigenvalue weighted by Gasteiger charge is -2.07. The normalized spacial score (nSPS) is 10.4. The molecule has 1 amide bonds. The minimum Gasteiger partial charge on any atom is -0.481 e. The first-order chi connectivity index (χ1) is 11.1. The van der Waals surface area contributed by atoms with Crippen LogP contribution >= 0.6 is 11.8 Å². The summed E-state index contributed by atoms with van der Waals surface area (Å²) in [5.41, 5.74) is 3.53. The van der Waals surface area contributed by atoms with E-state index >= 15 is 0 Å². The zero-order chi connectivity index (χ0) is 16.7. The van der Waals surface area contributed by atoms with Crippen LogP contribution in [0.25, 0.3) is 0 Å². The number of pyridine rings is 1. The fraction of sp³-hybridized carbons (Fsp3) is 0.333. The Morgan fingerprint density at radius 1 is 1.22 bits per heavy atom. The van der Waals surface area contributed by atoms with Gasteiger partial charge in [0.2, 0.25) is 11.8 Å². The molecule has 0 unspecified atom stereocenters. The molecule has 0 bridgehead atoms. The zero-order valence-electron chi connectivity index (χ0n) is 13.8. The summed E-state index contributed by atoms with van der Waals surface area (Å²) in [6, 6.07) is 10.1. The predicted molar refractivity (Wildman–Crippen MR) is 93.9 cm³/mol. The van der Waals surface area contributed by atoms with Crippen molar-refractivity contribution >= 4 is 17.7 Å². The molecule has 1 heterocycles. The van der Waals surface area contributed by atoms with E-state index < -0.39 is 0 Å². The van der Waals surface area contributed by atoms with Gasteiger partial charge in [0.25, 0.3) is 0 Å². The van der Waals surface area contributed by atoms with E-state index in [1.807, 2.05) is 6.07 Å². The number of aromatic nitrogens is 1. The van der Waals surface area contributed by atoms with Gasteiger partial charge in [0.1, 0.15) is 0 Å². The van der Waals surface area contributed by atoms with Crippen molar-refractivity contribution in [1.82, 2.24) is 10.3 Å². The van der Waals surface area contributed by atoms with Gasteiger partial charge >= 0.3 is 0 Å². The summed E-state index contributed by atoms with van der Waals surface area (Å²) in [4.78, 5) is 17.2. The highest BCUT2D eigenvalue weighted by atomic mass is 32.2. The van der Waals surface area contributed by atoms with Crippen molar-refractivity contribution < 1.29 is 9.53 Å². The van der Waals surface area contributed by atoms with Gasteiger partial charge in [-0.2, -0.15) is 0 Å². The molecular formula is C18H22N2O2S.